The number of ketones is 2. The van der Waals surface area contributed by atoms with E-state index in [0.717, 1.165) is 19.3 Å². The lowest BCUT2D eigenvalue weighted by Crippen LogP contribution is -2.67. The second-order valence-electron chi connectivity index (χ2n) is 12.1. The van der Waals surface area contributed by atoms with Crippen LogP contribution < -0.4 is 0 Å². The molecule has 6 heteroatoms. The zero-order chi connectivity index (χ0) is 23.6. The molecule has 4 fully saturated rings. The van der Waals surface area contributed by atoms with Gasteiger partial charge in [-0.15, -0.1) is 0 Å². The molecule has 0 aliphatic heterocycles. The number of aliphatic hydroxyl groups excluding tert-OH is 1. The van der Waals surface area contributed by atoms with Crippen molar-refractivity contribution in [1.29, 1.82) is 0 Å². The Labute approximate surface area is 191 Å². The number of aliphatic hydroxyl groups is 2. The van der Waals surface area contributed by atoms with E-state index in [4.69, 9.17) is 5.11 Å². The van der Waals surface area contributed by atoms with Crippen LogP contribution in [0.5, 0.6) is 0 Å². The number of hydrogen-bond donors (Lipinski definition) is 3. The molecule has 180 valence electrons. The number of hydrogen-bond acceptors (Lipinski definition) is 5. The van der Waals surface area contributed by atoms with Gasteiger partial charge in [-0.05, 0) is 86.9 Å². The number of carboxylic acids is 1. The van der Waals surface area contributed by atoms with Gasteiger partial charge in [0.05, 0.1) is 6.10 Å². The van der Waals surface area contributed by atoms with Gasteiger partial charge in [0, 0.05) is 24.2 Å². The van der Waals surface area contributed by atoms with Crippen molar-refractivity contribution in [2.24, 2.45) is 46.3 Å². The van der Waals surface area contributed by atoms with Crippen molar-refractivity contribution in [3.05, 3.63) is 0 Å². The summed E-state index contributed by atoms with van der Waals surface area (Å²) in [5.41, 5.74) is -2.24. The fourth-order valence-corrected chi connectivity index (χ4v) is 8.86. The normalized spacial score (nSPS) is 49.0. The number of aliphatic carboxylic acids is 1. The molecule has 0 aromatic heterocycles. The highest BCUT2D eigenvalue weighted by molar-refractivity contribution is 5.89. The Hall–Kier alpha value is -1.27. The van der Waals surface area contributed by atoms with Crippen molar-refractivity contribution < 1.29 is 29.7 Å². The van der Waals surface area contributed by atoms with Gasteiger partial charge in [-0.25, -0.2) is 0 Å². The summed E-state index contributed by atoms with van der Waals surface area (Å²) in [4.78, 5) is 37.9. The highest BCUT2D eigenvalue weighted by atomic mass is 16.4. The first-order valence-corrected chi connectivity index (χ1v) is 12.5. The minimum Gasteiger partial charge on any atom is -0.481 e. The summed E-state index contributed by atoms with van der Waals surface area (Å²) in [5, 5.41) is 31.4. The maximum absolute atomic E-state index is 13.8. The van der Waals surface area contributed by atoms with Crippen molar-refractivity contribution in [2.75, 3.05) is 0 Å². The van der Waals surface area contributed by atoms with Gasteiger partial charge in [0.2, 0.25) is 0 Å². The Balaban J connectivity index is 1.73. The molecule has 32 heavy (non-hydrogen) atoms. The van der Waals surface area contributed by atoms with Gasteiger partial charge in [-0.3, -0.25) is 14.4 Å². The molecule has 4 aliphatic rings. The van der Waals surface area contributed by atoms with Crippen molar-refractivity contribution in [1.82, 2.24) is 0 Å². The molecule has 4 rings (SSSR count). The average molecular weight is 449 g/mol. The van der Waals surface area contributed by atoms with E-state index in [1.54, 1.807) is 0 Å². The minimum absolute atomic E-state index is 0.0326. The molecule has 0 aromatic carbocycles. The monoisotopic (exact) mass is 448 g/mol. The van der Waals surface area contributed by atoms with Crippen LogP contribution >= 0.6 is 0 Å². The molecule has 0 heterocycles. The van der Waals surface area contributed by atoms with Crippen molar-refractivity contribution in [3.8, 4) is 0 Å². The van der Waals surface area contributed by atoms with Crippen LogP contribution in [0, 0.1) is 46.3 Å². The number of carboxylic acid groups (broad SMARTS) is 1. The van der Waals surface area contributed by atoms with Crippen molar-refractivity contribution in [2.45, 2.75) is 97.2 Å². The SMILES string of the molecule is CC(=O)[C@@]1(O)CC2C[C@H](O)CC[C@]2(C)[C@H]2CC(=O)[C@]3(C)[C@@H]([C@H](C)CCC(=O)O)CC[C@H]3[C@@H]21. The van der Waals surface area contributed by atoms with E-state index in [1.807, 2.05) is 6.92 Å². The summed E-state index contributed by atoms with van der Waals surface area (Å²) in [6.07, 6.45) is 4.72. The van der Waals surface area contributed by atoms with Gasteiger partial charge >= 0.3 is 5.97 Å². The van der Waals surface area contributed by atoms with Gasteiger partial charge in [-0.1, -0.05) is 20.8 Å². The number of fused-ring (bicyclic) bond motifs is 5. The van der Waals surface area contributed by atoms with E-state index in [-0.39, 0.29) is 58.9 Å². The van der Waals surface area contributed by atoms with Crippen LogP contribution in [0.25, 0.3) is 0 Å². The topological polar surface area (TPSA) is 112 Å². The number of Topliss-reactive ketones (excluding diaryl/α,β-unsaturated/α-hetero) is 2. The van der Waals surface area contributed by atoms with E-state index >= 15 is 0 Å². The van der Waals surface area contributed by atoms with Gasteiger partial charge in [0.25, 0.3) is 0 Å². The van der Waals surface area contributed by atoms with Crippen LogP contribution in [-0.2, 0) is 14.4 Å². The zero-order valence-corrected chi connectivity index (χ0v) is 20.0. The average Bonchev–Trinajstić information content (AvgIpc) is 3.06. The largest absolute Gasteiger partial charge is 0.481 e. The molecular weight excluding hydrogens is 408 g/mol. The first kappa shape index (κ1) is 23.9. The van der Waals surface area contributed by atoms with Crippen LogP contribution in [0.15, 0.2) is 0 Å². The second-order valence-corrected chi connectivity index (χ2v) is 12.1. The second kappa shape index (κ2) is 7.90. The molecule has 0 radical (unpaired) electrons. The predicted molar refractivity (Wildman–Crippen MR) is 119 cm³/mol. The Morgan fingerprint density at radius 2 is 1.84 bits per heavy atom. The molecule has 1 unspecified atom stereocenters. The molecule has 6 nitrogen and oxygen atoms in total. The first-order chi connectivity index (χ1) is 14.9. The maximum atomic E-state index is 13.8. The summed E-state index contributed by atoms with van der Waals surface area (Å²) < 4.78 is 0. The third-order valence-electron chi connectivity index (χ3n) is 10.8. The highest BCUT2D eigenvalue weighted by Gasteiger charge is 2.70. The summed E-state index contributed by atoms with van der Waals surface area (Å²) >= 11 is 0. The highest BCUT2D eigenvalue weighted by Crippen LogP contribution is 2.69. The molecule has 4 aliphatic carbocycles. The Bertz CT molecular complexity index is 808. The number of rotatable bonds is 5. The smallest absolute Gasteiger partial charge is 0.303 e. The zero-order valence-electron chi connectivity index (χ0n) is 20.0. The lowest BCUT2D eigenvalue weighted by molar-refractivity contribution is -0.214. The molecule has 0 amide bonds. The van der Waals surface area contributed by atoms with Gasteiger partial charge in [-0.2, -0.15) is 0 Å². The fraction of sp³-hybridized carbons (Fsp3) is 0.885. The fourth-order valence-electron chi connectivity index (χ4n) is 8.86. The Morgan fingerprint density at radius 3 is 2.47 bits per heavy atom. The Morgan fingerprint density at radius 1 is 1.16 bits per heavy atom. The van der Waals surface area contributed by atoms with Gasteiger partial charge in [0.1, 0.15) is 11.4 Å². The summed E-state index contributed by atoms with van der Waals surface area (Å²) in [7, 11) is 0. The maximum Gasteiger partial charge on any atom is 0.303 e. The van der Waals surface area contributed by atoms with Crippen LogP contribution in [-0.4, -0.2) is 44.6 Å². The summed E-state index contributed by atoms with van der Waals surface area (Å²) in [6.45, 7) is 7.79. The molecule has 0 spiro atoms. The van der Waals surface area contributed by atoms with Crippen molar-refractivity contribution >= 4 is 17.5 Å². The van der Waals surface area contributed by atoms with Crippen molar-refractivity contribution in [3.63, 3.8) is 0 Å². The minimum atomic E-state index is -1.46. The standard InChI is InChI=1S/C26H40O6/c1-14(5-8-22(30)31)18-6-7-19-23-20(12-21(29)25(18,19)4)24(3)10-9-17(28)11-16(24)13-26(23,32)15(2)27/h14,16-20,23,28,32H,5-13H2,1-4H3,(H,30,31)/t14-,16?,17-,18-,19+,20+,23+,24+,25-,26+/m1/s1. The van der Waals surface area contributed by atoms with Crippen LogP contribution in [0.2, 0.25) is 0 Å². The lowest BCUT2D eigenvalue weighted by atomic mass is 9.40. The van der Waals surface area contributed by atoms with E-state index in [0.29, 0.717) is 32.1 Å². The third-order valence-corrected chi connectivity index (χ3v) is 10.8. The molecule has 0 bridgehead atoms. The van der Waals surface area contributed by atoms with Crippen LogP contribution in [0.4, 0.5) is 0 Å². The lowest BCUT2D eigenvalue weighted by Gasteiger charge is -2.64. The van der Waals surface area contributed by atoms with E-state index < -0.39 is 23.1 Å². The van der Waals surface area contributed by atoms with E-state index in [2.05, 4.69) is 13.8 Å². The van der Waals surface area contributed by atoms with Gasteiger partial charge < -0.3 is 15.3 Å². The quantitative estimate of drug-likeness (QED) is 0.592. The number of carbonyl (C=O) groups excluding carboxylic acids is 2. The van der Waals surface area contributed by atoms with Gasteiger partial charge in [0.15, 0.2) is 5.78 Å². The van der Waals surface area contributed by atoms with Crippen LogP contribution in [0.3, 0.4) is 0 Å². The van der Waals surface area contributed by atoms with Crippen LogP contribution in [0.1, 0.15) is 85.5 Å². The molecule has 4 saturated carbocycles. The predicted octanol–water partition coefficient (Wildman–Crippen LogP) is 3.62. The third kappa shape index (κ3) is 3.31. The summed E-state index contributed by atoms with van der Waals surface area (Å²) in [6, 6.07) is 0. The first-order valence-electron chi connectivity index (χ1n) is 12.5. The molecule has 0 aromatic rings. The summed E-state index contributed by atoms with van der Waals surface area (Å²) in [5.74, 6) is -0.963. The molecule has 3 N–H and O–H groups in total. The molecule has 10 atom stereocenters. The molecule has 0 saturated heterocycles. The van der Waals surface area contributed by atoms with E-state index in [1.165, 1.54) is 6.92 Å². The molecular formula is C26H40O6. The van der Waals surface area contributed by atoms with E-state index in [9.17, 15) is 24.6 Å². The Kier molecular flexibility index (Phi) is 5.89. The number of carbonyl (C=O) groups is 3.